The van der Waals surface area contributed by atoms with Crippen LogP contribution in [-0.4, -0.2) is 12.9 Å². The summed E-state index contributed by atoms with van der Waals surface area (Å²) in [5.41, 5.74) is 2.01. The molecule has 0 unspecified atom stereocenters. The first kappa shape index (κ1) is 25.9. The van der Waals surface area contributed by atoms with Gasteiger partial charge < -0.3 is 4.74 Å². The summed E-state index contributed by atoms with van der Waals surface area (Å²) in [7, 11) is 1.68. The van der Waals surface area contributed by atoms with Gasteiger partial charge in [0.25, 0.3) is 0 Å². The first-order valence-electron chi connectivity index (χ1n) is 10.5. The van der Waals surface area contributed by atoms with Crippen molar-refractivity contribution in [3.05, 3.63) is 29.3 Å². The number of carbonyl (C=O) groups is 1. The molecule has 0 aliphatic heterocycles. The van der Waals surface area contributed by atoms with Crippen LogP contribution in [0.4, 0.5) is 0 Å². The fourth-order valence-corrected chi connectivity index (χ4v) is 3.10. The monoisotopic (exact) mass is 350 g/mol. The van der Waals surface area contributed by atoms with Crippen molar-refractivity contribution in [1.82, 2.24) is 0 Å². The Labute approximate surface area is 157 Å². The van der Waals surface area contributed by atoms with Crippen LogP contribution in [0.15, 0.2) is 18.2 Å². The van der Waals surface area contributed by atoms with Gasteiger partial charge in [0.2, 0.25) is 0 Å². The van der Waals surface area contributed by atoms with Crippen LogP contribution in [0.1, 0.15) is 115 Å². The first-order chi connectivity index (χ1) is 12.3. The third-order valence-corrected chi connectivity index (χ3v) is 4.07. The highest BCUT2D eigenvalue weighted by Gasteiger charge is 2.22. The predicted octanol–water partition coefficient (Wildman–Crippen LogP) is 7.80. The largest absolute Gasteiger partial charge is 0.496 e. The van der Waals surface area contributed by atoms with E-state index in [9.17, 15) is 4.79 Å². The lowest BCUT2D eigenvalue weighted by atomic mass is 9.82. The summed E-state index contributed by atoms with van der Waals surface area (Å²) in [6, 6.07) is 6.05. The van der Waals surface area contributed by atoms with Crippen molar-refractivity contribution in [1.29, 1.82) is 0 Å². The highest BCUT2D eigenvalue weighted by atomic mass is 16.5. The van der Waals surface area contributed by atoms with Gasteiger partial charge in [-0.1, -0.05) is 79.9 Å². The Hall–Kier alpha value is -1.31. The van der Waals surface area contributed by atoms with E-state index in [-0.39, 0.29) is 5.78 Å². The van der Waals surface area contributed by atoms with Gasteiger partial charge in [-0.05, 0) is 36.8 Å². The minimum Gasteiger partial charge on any atom is -0.496 e. The van der Waals surface area contributed by atoms with Crippen molar-refractivity contribution in [3.8, 4) is 5.75 Å². The molecule has 0 saturated heterocycles. The maximum Gasteiger partial charge on any atom is 0.166 e. The molecule has 2 rings (SSSR count). The molecule has 0 aromatic heterocycles. The van der Waals surface area contributed by atoms with Crippen LogP contribution < -0.4 is 4.74 Å². The standard InChI is InChI=1S/C17H24O2.3C2H6/c1-3-8-16(18)15-12-7-11-14(17(15)19-2)13-9-5-4-6-10-13;3*1-2/h7,11-13H,3-6,8-10H2,1-2H3;3*1-2H3. The van der Waals surface area contributed by atoms with Crippen molar-refractivity contribution in [2.45, 2.75) is 99.3 Å². The molecule has 2 heteroatoms. The molecule has 0 amide bonds. The molecule has 0 atom stereocenters. The number of hydrogen-bond donors (Lipinski definition) is 0. The van der Waals surface area contributed by atoms with Gasteiger partial charge in [0.05, 0.1) is 12.7 Å². The Morgan fingerprint density at radius 1 is 1.00 bits per heavy atom. The third kappa shape index (κ3) is 8.56. The van der Waals surface area contributed by atoms with E-state index in [1.165, 1.54) is 37.7 Å². The molecule has 1 saturated carbocycles. The van der Waals surface area contributed by atoms with Gasteiger partial charge in [-0.3, -0.25) is 4.79 Å². The second-order valence-corrected chi connectivity index (χ2v) is 5.44. The smallest absolute Gasteiger partial charge is 0.166 e. The Morgan fingerprint density at radius 3 is 2.04 bits per heavy atom. The third-order valence-electron chi connectivity index (χ3n) is 4.07. The summed E-state index contributed by atoms with van der Waals surface area (Å²) in [5.74, 6) is 1.60. The summed E-state index contributed by atoms with van der Waals surface area (Å²) in [6.45, 7) is 14.0. The second kappa shape index (κ2) is 17.5. The van der Waals surface area contributed by atoms with Crippen LogP contribution in [0.5, 0.6) is 5.75 Å². The Balaban J connectivity index is 0. The van der Waals surface area contributed by atoms with Crippen molar-refractivity contribution in [2.24, 2.45) is 0 Å². The molecule has 1 aromatic rings. The number of para-hydroxylation sites is 1. The van der Waals surface area contributed by atoms with Crippen LogP contribution in [0.2, 0.25) is 0 Å². The highest BCUT2D eigenvalue weighted by Crippen LogP contribution is 2.39. The van der Waals surface area contributed by atoms with Gasteiger partial charge in [-0.2, -0.15) is 0 Å². The fraction of sp³-hybridized carbons (Fsp3) is 0.696. The Bertz CT molecular complexity index is 432. The Morgan fingerprint density at radius 2 is 1.56 bits per heavy atom. The molecule has 1 aromatic carbocycles. The van der Waals surface area contributed by atoms with E-state index in [1.54, 1.807) is 7.11 Å². The van der Waals surface area contributed by atoms with Crippen LogP contribution in [0.25, 0.3) is 0 Å². The molecule has 2 nitrogen and oxygen atoms in total. The van der Waals surface area contributed by atoms with Crippen molar-refractivity contribution < 1.29 is 9.53 Å². The van der Waals surface area contributed by atoms with Crippen molar-refractivity contribution in [3.63, 3.8) is 0 Å². The zero-order valence-electron chi connectivity index (χ0n) is 18.1. The number of Topliss-reactive ketones (excluding diaryl/α,β-unsaturated/α-hetero) is 1. The molecule has 25 heavy (non-hydrogen) atoms. The van der Waals surface area contributed by atoms with Gasteiger partial charge in [0.1, 0.15) is 5.75 Å². The van der Waals surface area contributed by atoms with Gasteiger partial charge >= 0.3 is 0 Å². The van der Waals surface area contributed by atoms with E-state index in [1.807, 2.05) is 60.6 Å². The van der Waals surface area contributed by atoms with E-state index >= 15 is 0 Å². The molecule has 1 aliphatic carbocycles. The van der Waals surface area contributed by atoms with Crippen LogP contribution in [0, 0.1) is 0 Å². The predicted molar refractivity (Wildman–Crippen MR) is 112 cm³/mol. The number of benzene rings is 1. The quantitative estimate of drug-likeness (QED) is 0.506. The van der Waals surface area contributed by atoms with E-state index < -0.39 is 0 Å². The highest BCUT2D eigenvalue weighted by molar-refractivity contribution is 5.99. The SMILES string of the molecule is CC.CC.CC.CCCC(=O)c1cccc(C2CCCCC2)c1OC. The number of carbonyl (C=O) groups excluding carboxylic acids is 1. The molecule has 0 bridgehead atoms. The second-order valence-electron chi connectivity index (χ2n) is 5.44. The maximum atomic E-state index is 12.2. The average Bonchev–Trinajstić information content (AvgIpc) is 2.72. The lowest BCUT2D eigenvalue weighted by molar-refractivity contribution is 0.0978. The molecule has 1 fully saturated rings. The maximum absolute atomic E-state index is 12.2. The van der Waals surface area contributed by atoms with E-state index in [0.29, 0.717) is 12.3 Å². The molecule has 1 aliphatic rings. The molecule has 146 valence electrons. The molecule has 0 spiro atoms. The van der Waals surface area contributed by atoms with Gasteiger partial charge in [-0.15, -0.1) is 0 Å². The number of hydrogen-bond acceptors (Lipinski definition) is 2. The zero-order valence-corrected chi connectivity index (χ0v) is 18.1. The topological polar surface area (TPSA) is 26.3 Å². The van der Waals surface area contributed by atoms with Gasteiger partial charge in [0, 0.05) is 6.42 Å². The van der Waals surface area contributed by atoms with Crippen molar-refractivity contribution >= 4 is 5.78 Å². The van der Waals surface area contributed by atoms with E-state index in [2.05, 4.69) is 6.07 Å². The van der Waals surface area contributed by atoms with Gasteiger partial charge in [-0.25, -0.2) is 0 Å². The summed E-state index contributed by atoms with van der Waals surface area (Å²) in [4.78, 5) is 12.2. The van der Waals surface area contributed by atoms with E-state index in [4.69, 9.17) is 4.74 Å². The Kier molecular flexibility index (Phi) is 18.2. The molecular formula is C23H42O2. The number of rotatable bonds is 5. The fourth-order valence-electron chi connectivity index (χ4n) is 3.10. The first-order valence-corrected chi connectivity index (χ1v) is 10.5. The number of methoxy groups -OCH3 is 1. The summed E-state index contributed by atoms with van der Waals surface area (Å²) in [5, 5.41) is 0. The van der Waals surface area contributed by atoms with Crippen LogP contribution >= 0.6 is 0 Å². The number of ketones is 1. The average molecular weight is 351 g/mol. The normalized spacial score (nSPS) is 13.1. The molecule has 0 heterocycles. The van der Waals surface area contributed by atoms with E-state index in [0.717, 1.165) is 17.7 Å². The molecule has 0 N–H and O–H groups in total. The summed E-state index contributed by atoms with van der Waals surface area (Å²) >= 11 is 0. The molecule has 0 radical (unpaired) electrons. The summed E-state index contributed by atoms with van der Waals surface area (Å²) < 4.78 is 5.58. The molecular weight excluding hydrogens is 308 g/mol. The summed E-state index contributed by atoms with van der Waals surface area (Å²) in [6.07, 6.45) is 7.86. The van der Waals surface area contributed by atoms with Crippen LogP contribution in [0.3, 0.4) is 0 Å². The zero-order chi connectivity index (χ0) is 19.7. The minimum absolute atomic E-state index is 0.206. The van der Waals surface area contributed by atoms with Crippen LogP contribution in [-0.2, 0) is 0 Å². The van der Waals surface area contributed by atoms with Gasteiger partial charge in [0.15, 0.2) is 5.78 Å². The van der Waals surface area contributed by atoms with Crippen molar-refractivity contribution in [2.75, 3.05) is 7.11 Å². The number of ether oxygens (including phenoxy) is 1. The lowest BCUT2D eigenvalue weighted by Crippen LogP contribution is -2.09. The lowest BCUT2D eigenvalue weighted by Gasteiger charge is -2.24. The minimum atomic E-state index is 0.206.